The summed E-state index contributed by atoms with van der Waals surface area (Å²) in [5, 5.41) is 0. The number of piperazine rings is 1. The van der Waals surface area contributed by atoms with E-state index in [1.54, 1.807) is 0 Å². The molecule has 5 heteroatoms. The third-order valence-electron chi connectivity index (χ3n) is 2.93. The lowest BCUT2D eigenvalue weighted by Crippen LogP contribution is -2.45. The molecule has 0 aromatic carbocycles. The van der Waals surface area contributed by atoms with Crippen LogP contribution in [0.2, 0.25) is 0 Å². The van der Waals surface area contributed by atoms with E-state index in [0.29, 0.717) is 6.54 Å². The van der Waals surface area contributed by atoms with E-state index >= 15 is 0 Å². The van der Waals surface area contributed by atoms with Crippen molar-refractivity contribution in [3.05, 3.63) is 22.3 Å². The number of likely N-dealkylation sites (N-methyl/N-ethyl adjacent to an activating group) is 1. The highest BCUT2D eigenvalue weighted by Crippen LogP contribution is 2.22. The molecule has 2 N–H and O–H groups in total. The number of aromatic nitrogens is 1. The molecule has 4 nitrogen and oxygen atoms in total. The second-order valence-corrected chi connectivity index (χ2v) is 5.05. The normalized spacial score (nSPS) is 17.8. The van der Waals surface area contributed by atoms with Crippen LogP contribution in [0.25, 0.3) is 0 Å². The molecule has 1 aromatic heterocycles. The Kier molecular flexibility index (Phi) is 3.78. The van der Waals surface area contributed by atoms with E-state index in [0.717, 1.165) is 42.0 Å². The zero-order valence-corrected chi connectivity index (χ0v) is 11.1. The van der Waals surface area contributed by atoms with E-state index in [2.05, 4.69) is 43.8 Å². The first-order valence-corrected chi connectivity index (χ1v) is 6.28. The molecule has 88 valence electrons. The van der Waals surface area contributed by atoms with Gasteiger partial charge < -0.3 is 15.5 Å². The van der Waals surface area contributed by atoms with Gasteiger partial charge in [-0.1, -0.05) is 0 Å². The number of nitrogens with zero attached hydrogens (tertiary/aromatic N) is 3. The fourth-order valence-electron chi connectivity index (χ4n) is 1.93. The molecule has 1 aliphatic heterocycles. The molecule has 1 saturated heterocycles. The molecule has 0 amide bonds. The van der Waals surface area contributed by atoms with Gasteiger partial charge in [0.2, 0.25) is 0 Å². The summed E-state index contributed by atoms with van der Waals surface area (Å²) in [5.41, 5.74) is 6.87. The van der Waals surface area contributed by atoms with E-state index < -0.39 is 0 Å². The van der Waals surface area contributed by atoms with Crippen molar-refractivity contribution in [2.24, 2.45) is 5.73 Å². The Bertz CT molecular complexity index is 361. The first-order valence-electron chi connectivity index (χ1n) is 5.48. The fourth-order valence-corrected chi connectivity index (χ4v) is 2.31. The van der Waals surface area contributed by atoms with Crippen LogP contribution in [0.4, 0.5) is 5.82 Å². The Morgan fingerprint density at radius 1 is 1.38 bits per heavy atom. The van der Waals surface area contributed by atoms with Crippen molar-refractivity contribution in [3.8, 4) is 0 Å². The van der Waals surface area contributed by atoms with Crippen molar-refractivity contribution in [1.29, 1.82) is 0 Å². The van der Waals surface area contributed by atoms with Gasteiger partial charge in [0.15, 0.2) is 0 Å². The van der Waals surface area contributed by atoms with Gasteiger partial charge in [-0.3, -0.25) is 0 Å². The Labute approximate surface area is 105 Å². The van der Waals surface area contributed by atoms with Gasteiger partial charge >= 0.3 is 0 Å². The third-order valence-corrected chi connectivity index (χ3v) is 3.37. The van der Waals surface area contributed by atoms with Gasteiger partial charge in [-0.25, -0.2) is 4.98 Å². The maximum Gasteiger partial charge on any atom is 0.133 e. The Balaban J connectivity index is 2.19. The summed E-state index contributed by atoms with van der Waals surface area (Å²) >= 11 is 3.43. The molecule has 16 heavy (non-hydrogen) atoms. The van der Waals surface area contributed by atoms with Crippen LogP contribution in [0.5, 0.6) is 0 Å². The minimum Gasteiger partial charge on any atom is -0.354 e. The summed E-state index contributed by atoms with van der Waals surface area (Å²) in [7, 11) is 2.15. The number of rotatable bonds is 2. The predicted molar refractivity (Wildman–Crippen MR) is 69.5 cm³/mol. The van der Waals surface area contributed by atoms with E-state index in [9.17, 15) is 0 Å². The van der Waals surface area contributed by atoms with Crippen LogP contribution in [-0.4, -0.2) is 43.1 Å². The largest absolute Gasteiger partial charge is 0.354 e. The molecule has 0 atom stereocenters. The van der Waals surface area contributed by atoms with E-state index in [1.807, 2.05) is 6.20 Å². The van der Waals surface area contributed by atoms with Crippen molar-refractivity contribution >= 4 is 21.7 Å². The smallest absolute Gasteiger partial charge is 0.133 e. The van der Waals surface area contributed by atoms with Gasteiger partial charge in [0.1, 0.15) is 5.82 Å². The quantitative estimate of drug-likeness (QED) is 0.882. The van der Waals surface area contributed by atoms with E-state index in [1.165, 1.54) is 0 Å². The lowest BCUT2D eigenvalue weighted by Gasteiger charge is -2.34. The molecular weight excluding hydrogens is 268 g/mol. The second-order valence-electron chi connectivity index (χ2n) is 4.13. The maximum atomic E-state index is 5.76. The van der Waals surface area contributed by atoms with Crippen LogP contribution in [-0.2, 0) is 6.54 Å². The zero-order valence-electron chi connectivity index (χ0n) is 9.49. The van der Waals surface area contributed by atoms with Crippen LogP contribution in [0.3, 0.4) is 0 Å². The van der Waals surface area contributed by atoms with Crippen LogP contribution in [0.1, 0.15) is 5.56 Å². The maximum absolute atomic E-state index is 5.76. The number of halogens is 1. The number of hydrogen-bond acceptors (Lipinski definition) is 4. The molecule has 1 aliphatic rings. The molecule has 0 unspecified atom stereocenters. The molecular formula is C11H17BrN4. The highest BCUT2D eigenvalue weighted by atomic mass is 79.9. The van der Waals surface area contributed by atoms with Gasteiger partial charge in [0.25, 0.3) is 0 Å². The topological polar surface area (TPSA) is 45.4 Å². The summed E-state index contributed by atoms with van der Waals surface area (Å²) in [5.74, 6) is 1.04. The summed E-state index contributed by atoms with van der Waals surface area (Å²) in [6.45, 7) is 4.76. The van der Waals surface area contributed by atoms with Crippen molar-refractivity contribution in [1.82, 2.24) is 9.88 Å². The Morgan fingerprint density at radius 3 is 2.69 bits per heavy atom. The molecule has 0 bridgehead atoms. The number of anilines is 1. The molecule has 2 rings (SSSR count). The summed E-state index contributed by atoms with van der Waals surface area (Å²) in [6, 6.07) is 2.06. The molecule has 2 heterocycles. The first kappa shape index (κ1) is 11.8. The number of hydrogen-bond donors (Lipinski definition) is 1. The van der Waals surface area contributed by atoms with E-state index in [-0.39, 0.29) is 0 Å². The molecule has 0 aliphatic carbocycles. The van der Waals surface area contributed by atoms with Crippen molar-refractivity contribution < 1.29 is 0 Å². The average molecular weight is 285 g/mol. The van der Waals surface area contributed by atoms with Crippen LogP contribution in [0.15, 0.2) is 16.7 Å². The standard InChI is InChI=1S/C11H17BrN4/c1-15-2-4-16(5-3-15)11-9(7-13)6-10(12)8-14-11/h6,8H,2-5,7,13H2,1H3. The SMILES string of the molecule is CN1CCN(c2ncc(Br)cc2CN)CC1. The second kappa shape index (κ2) is 5.12. The highest BCUT2D eigenvalue weighted by Gasteiger charge is 2.17. The fraction of sp³-hybridized carbons (Fsp3) is 0.545. The van der Waals surface area contributed by atoms with Gasteiger partial charge in [-0.15, -0.1) is 0 Å². The third kappa shape index (κ3) is 2.53. The molecule has 1 aromatic rings. The van der Waals surface area contributed by atoms with Crippen molar-refractivity contribution in [3.63, 3.8) is 0 Å². The molecule has 1 fully saturated rings. The zero-order chi connectivity index (χ0) is 11.5. The van der Waals surface area contributed by atoms with Crippen LogP contribution < -0.4 is 10.6 Å². The van der Waals surface area contributed by atoms with E-state index in [4.69, 9.17) is 5.73 Å². The number of pyridine rings is 1. The lowest BCUT2D eigenvalue weighted by atomic mass is 10.2. The van der Waals surface area contributed by atoms with Gasteiger partial charge in [-0.05, 0) is 29.0 Å². The predicted octanol–water partition coefficient (Wildman–Crippen LogP) is 1.05. The van der Waals surface area contributed by atoms with Gasteiger partial charge in [-0.2, -0.15) is 0 Å². The summed E-state index contributed by atoms with van der Waals surface area (Å²) in [6.07, 6.45) is 1.84. The number of nitrogens with two attached hydrogens (primary N) is 1. The highest BCUT2D eigenvalue weighted by molar-refractivity contribution is 9.10. The van der Waals surface area contributed by atoms with Crippen LogP contribution in [0, 0.1) is 0 Å². The molecule has 0 saturated carbocycles. The molecule has 0 radical (unpaired) electrons. The summed E-state index contributed by atoms with van der Waals surface area (Å²) < 4.78 is 0.992. The van der Waals surface area contributed by atoms with Gasteiger partial charge in [0, 0.05) is 49.0 Å². The Hall–Kier alpha value is -0.650. The average Bonchev–Trinajstić information content (AvgIpc) is 2.30. The van der Waals surface area contributed by atoms with Crippen molar-refractivity contribution in [2.45, 2.75) is 6.54 Å². The Morgan fingerprint density at radius 2 is 2.06 bits per heavy atom. The van der Waals surface area contributed by atoms with Crippen LogP contribution >= 0.6 is 15.9 Å². The minimum absolute atomic E-state index is 0.536. The van der Waals surface area contributed by atoms with Crippen molar-refractivity contribution in [2.75, 3.05) is 38.1 Å². The monoisotopic (exact) mass is 284 g/mol. The minimum atomic E-state index is 0.536. The van der Waals surface area contributed by atoms with Gasteiger partial charge in [0.05, 0.1) is 0 Å². The summed E-state index contributed by atoms with van der Waals surface area (Å²) in [4.78, 5) is 9.12. The lowest BCUT2D eigenvalue weighted by molar-refractivity contribution is 0.312. The molecule has 0 spiro atoms. The first-order chi connectivity index (χ1) is 7.70.